The zero-order valence-electron chi connectivity index (χ0n) is 17.7. The summed E-state index contributed by atoms with van der Waals surface area (Å²) in [5.41, 5.74) is 1.33. The fourth-order valence-corrected chi connectivity index (χ4v) is 3.13. The molecule has 0 aliphatic rings. The maximum atomic E-state index is 5.82. The predicted molar refractivity (Wildman–Crippen MR) is 117 cm³/mol. The molecule has 0 spiro atoms. The van der Waals surface area contributed by atoms with Crippen molar-refractivity contribution >= 4 is 10.8 Å². The van der Waals surface area contributed by atoms with Gasteiger partial charge in [-0.15, -0.1) is 0 Å². The first-order chi connectivity index (χ1) is 14.1. The first-order valence-electron chi connectivity index (χ1n) is 10.2. The summed E-state index contributed by atoms with van der Waals surface area (Å²) < 4.78 is 22.6. The number of benzene rings is 3. The van der Waals surface area contributed by atoms with Crippen LogP contribution in [-0.2, 0) is 4.74 Å². The third-order valence-electron chi connectivity index (χ3n) is 5.09. The number of hydrogen-bond donors (Lipinski definition) is 0. The third kappa shape index (κ3) is 5.88. The van der Waals surface area contributed by atoms with Gasteiger partial charge in [-0.3, -0.25) is 0 Å². The SMILES string of the molecule is CCC(C)c1ccc(OC(C)OCCOc2ccc3cc(OC)ccc3c2)cc1. The Labute approximate surface area is 173 Å². The van der Waals surface area contributed by atoms with Crippen LogP contribution in [0.2, 0.25) is 0 Å². The highest BCUT2D eigenvalue weighted by Crippen LogP contribution is 2.25. The van der Waals surface area contributed by atoms with Crippen molar-refractivity contribution < 1.29 is 18.9 Å². The Balaban J connectivity index is 1.43. The molecule has 0 N–H and O–H groups in total. The van der Waals surface area contributed by atoms with Crippen LogP contribution in [0, 0.1) is 0 Å². The van der Waals surface area contributed by atoms with Gasteiger partial charge in [0.25, 0.3) is 0 Å². The lowest BCUT2D eigenvalue weighted by atomic mass is 9.99. The Bertz CT molecular complexity index is 904. The van der Waals surface area contributed by atoms with Gasteiger partial charge < -0.3 is 18.9 Å². The average Bonchev–Trinajstić information content (AvgIpc) is 2.76. The van der Waals surface area contributed by atoms with Crippen LogP contribution in [0.5, 0.6) is 17.2 Å². The molecule has 0 saturated heterocycles. The lowest BCUT2D eigenvalue weighted by molar-refractivity contribution is -0.0739. The zero-order chi connectivity index (χ0) is 20.6. The summed E-state index contributed by atoms with van der Waals surface area (Å²) >= 11 is 0. The maximum Gasteiger partial charge on any atom is 0.197 e. The van der Waals surface area contributed by atoms with Gasteiger partial charge in [-0.1, -0.05) is 38.1 Å². The fraction of sp³-hybridized carbons (Fsp3) is 0.360. The molecular formula is C25H30O4. The molecule has 29 heavy (non-hydrogen) atoms. The van der Waals surface area contributed by atoms with Gasteiger partial charge in [0.2, 0.25) is 0 Å². The molecule has 0 heterocycles. The Hall–Kier alpha value is -2.72. The van der Waals surface area contributed by atoms with E-state index in [9.17, 15) is 0 Å². The molecule has 3 aromatic carbocycles. The summed E-state index contributed by atoms with van der Waals surface area (Å²) in [6.45, 7) is 7.23. The second-order valence-corrected chi connectivity index (χ2v) is 7.16. The quantitative estimate of drug-likeness (QED) is 0.304. The largest absolute Gasteiger partial charge is 0.497 e. The van der Waals surface area contributed by atoms with Crippen molar-refractivity contribution in [1.82, 2.24) is 0 Å². The smallest absolute Gasteiger partial charge is 0.197 e. The average molecular weight is 395 g/mol. The Morgan fingerprint density at radius 3 is 2.03 bits per heavy atom. The van der Waals surface area contributed by atoms with E-state index in [1.807, 2.05) is 55.5 Å². The summed E-state index contributed by atoms with van der Waals surface area (Å²) in [5, 5.41) is 2.23. The molecule has 0 radical (unpaired) electrons. The Morgan fingerprint density at radius 1 is 0.759 bits per heavy atom. The lowest BCUT2D eigenvalue weighted by Crippen LogP contribution is -2.19. The van der Waals surface area contributed by atoms with Gasteiger partial charge in [-0.2, -0.15) is 0 Å². The monoisotopic (exact) mass is 394 g/mol. The Morgan fingerprint density at radius 2 is 1.38 bits per heavy atom. The van der Waals surface area contributed by atoms with Gasteiger partial charge in [0.05, 0.1) is 13.7 Å². The van der Waals surface area contributed by atoms with Crippen LogP contribution in [0.3, 0.4) is 0 Å². The molecule has 4 heteroatoms. The fourth-order valence-electron chi connectivity index (χ4n) is 3.13. The first kappa shape index (κ1) is 21.0. The molecular weight excluding hydrogens is 364 g/mol. The van der Waals surface area contributed by atoms with Crippen molar-refractivity contribution in [3.63, 3.8) is 0 Å². The van der Waals surface area contributed by atoms with E-state index in [4.69, 9.17) is 18.9 Å². The standard InChI is InChI=1S/C25H30O4/c1-5-18(2)20-6-10-23(11-7-20)29-19(3)27-14-15-28-25-13-9-21-16-24(26-4)12-8-22(21)17-25/h6-13,16-19H,5,14-15H2,1-4H3. The molecule has 0 aromatic heterocycles. The van der Waals surface area contributed by atoms with Crippen molar-refractivity contribution in [2.45, 2.75) is 39.4 Å². The van der Waals surface area contributed by atoms with Crippen molar-refractivity contribution in [2.75, 3.05) is 20.3 Å². The van der Waals surface area contributed by atoms with E-state index in [2.05, 4.69) is 26.0 Å². The van der Waals surface area contributed by atoms with Crippen molar-refractivity contribution in [1.29, 1.82) is 0 Å². The van der Waals surface area contributed by atoms with Crippen LogP contribution in [0.4, 0.5) is 0 Å². The normalized spacial score (nSPS) is 13.1. The van der Waals surface area contributed by atoms with Crippen LogP contribution in [0.1, 0.15) is 38.7 Å². The second-order valence-electron chi connectivity index (χ2n) is 7.16. The molecule has 0 aliphatic carbocycles. The summed E-state index contributed by atoms with van der Waals surface area (Å²) in [5.74, 6) is 3.05. The molecule has 0 fully saturated rings. The first-order valence-corrected chi connectivity index (χ1v) is 10.2. The lowest BCUT2D eigenvalue weighted by Gasteiger charge is -2.17. The summed E-state index contributed by atoms with van der Waals surface area (Å²) in [6.07, 6.45) is 0.794. The van der Waals surface area contributed by atoms with E-state index in [1.54, 1.807) is 7.11 Å². The molecule has 0 bridgehead atoms. The van der Waals surface area contributed by atoms with Gasteiger partial charge in [0.1, 0.15) is 23.9 Å². The molecule has 154 valence electrons. The highest BCUT2D eigenvalue weighted by Gasteiger charge is 2.07. The van der Waals surface area contributed by atoms with Crippen LogP contribution in [0.15, 0.2) is 60.7 Å². The number of rotatable bonds is 10. The van der Waals surface area contributed by atoms with E-state index in [0.717, 1.165) is 34.4 Å². The summed E-state index contributed by atoms with van der Waals surface area (Å²) in [7, 11) is 1.67. The molecule has 0 aliphatic heterocycles. The molecule has 0 amide bonds. The molecule has 0 saturated carbocycles. The van der Waals surface area contributed by atoms with E-state index >= 15 is 0 Å². The van der Waals surface area contributed by atoms with E-state index in [0.29, 0.717) is 19.1 Å². The predicted octanol–water partition coefficient (Wildman–Crippen LogP) is 6.18. The zero-order valence-corrected chi connectivity index (χ0v) is 17.7. The van der Waals surface area contributed by atoms with Crippen molar-refractivity contribution in [2.24, 2.45) is 0 Å². The van der Waals surface area contributed by atoms with Gasteiger partial charge in [-0.25, -0.2) is 0 Å². The molecule has 3 rings (SSSR count). The third-order valence-corrected chi connectivity index (χ3v) is 5.09. The number of fused-ring (bicyclic) bond motifs is 1. The van der Waals surface area contributed by atoms with Gasteiger partial charge in [-0.05, 0) is 72.0 Å². The van der Waals surface area contributed by atoms with Gasteiger partial charge in [0.15, 0.2) is 6.29 Å². The minimum atomic E-state index is -0.336. The van der Waals surface area contributed by atoms with E-state index in [1.165, 1.54) is 5.56 Å². The number of ether oxygens (including phenoxy) is 4. The van der Waals surface area contributed by atoms with Crippen LogP contribution >= 0.6 is 0 Å². The molecule has 2 unspecified atom stereocenters. The second kappa shape index (κ2) is 10.2. The summed E-state index contributed by atoms with van der Waals surface area (Å²) in [4.78, 5) is 0. The minimum absolute atomic E-state index is 0.336. The minimum Gasteiger partial charge on any atom is -0.497 e. The highest BCUT2D eigenvalue weighted by molar-refractivity contribution is 5.85. The molecule has 2 atom stereocenters. The molecule has 4 nitrogen and oxygen atoms in total. The van der Waals surface area contributed by atoms with Crippen molar-refractivity contribution in [3.05, 3.63) is 66.2 Å². The topological polar surface area (TPSA) is 36.9 Å². The molecule has 3 aromatic rings. The van der Waals surface area contributed by atoms with Crippen LogP contribution in [-0.4, -0.2) is 26.6 Å². The highest BCUT2D eigenvalue weighted by atomic mass is 16.7. The van der Waals surface area contributed by atoms with Gasteiger partial charge in [0, 0.05) is 0 Å². The Kier molecular flexibility index (Phi) is 7.36. The van der Waals surface area contributed by atoms with Gasteiger partial charge >= 0.3 is 0 Å². The van der Waals surface area contributed by atoms with E-state index in [-0.39, 0.29) is 6.29 Å². The number of hydrogen-bond acceptors (Lipinski definition) is 4. The van der Waals surface area contributed by atoms with Crippen LogP contribution in [0.25, 0.3) is 10.8 Å². The maximum absolute atomic E-state index is 5.82. The van der Waals surface area contributed by atoms with Crippen molar-refractivity contribution in [3.8, 4) is 17.2 Å². The summed E-state index contributed by atoms with van der Waals surface area (Å²) in [6, 6.07) is 20.2. The van der Waals surface area contributed by atoms with E-state index < -0.39 is 0 Å². The van der Waals surface area contributed by atoms with Crippen LogP contribution < -0.4 is 14.2 Å². The number of methoxy groups -OCH3 is 1.